The topological polar surface area (TPSA) is 49.9 Å². The molecule has 0 aliphatic carbocycles. The van der Waals surface area contributed by atoms with Crippen LogP contribution in [0.5, 0.6) is 0 Å². The normalized spacial score (nSPS) is 16.1. The summed E-state index contributed by atoms with van der Waals surface area (Å²) in [7, 11) is 0. The van der Waals surface area contributed by atoms with Crippen molar-refractivity contribution in [3.63, 3.8) is 0 Å². The molecule has 0 aromatic heterocycles. The molecule has 0 saturated carbocycles. The Morgan fingerprint density at radius 1 is 1.29 bits per heavy atom. The molecule has 17 heavy (non-hydrogen) atoms. The van der Waals surface area contributed by atoms with Gasteiger partial charge in [0, 0.05) is 26.6 Å². The molecule has 98 valence electrons. The molecule has 1 saturated heterocycles. The van der Waals surface area contributed by atoms with Crippen molar-refractivity contribution in [1.82, 2.24) is 9.80 Å². The average molecular weight is 242 g/mol. The van der Waals surface area contributed by atoms with E-state index in [9.17, 15) is 9.59 Å². The Hall–Kier alpha value is -1.10. The van der Waals surface area contributed by atoms with E-state index in [0.29, 0.717) is 38.8 Å². The van der Waals surface area contributed by atoms with Crippen LogP contribution in [0, 0.1) is 5.92 Å². The number of morpholine rings is 1. The second-order valence-electron chi connectivity index (χ2n) is 4.79. The van der Waals surface area contributed by atoms with Gasteiger partial charge in [0.05, 0.1) is 19.8 Å². The average Bonchev–Trinajstić information content (AvgIpc) is 2.28. The van der Waals surface area contributed by atoms with Crippen LogP contribution >= 0.6 is 0 Å². The SMILES string of the molecule is CC(=O)N(CC(=O)N1CCOCC1)CC(C)C. The summed E-state index contributed by atoms with van der Waals surface area (Å²) in [5.74, 6) is 0.348. The quantitative estimate of drug-likeness (QED) is 0.715. The standard InChI is InChI=1S/C12H22N2O3/c1-10(2)8-14(11(3)15)9-12(16)13-4-6-17-7-5-13/h10H,4-9H2,1-3H3. The van der Waals surface area contributed by atoms with Gasteiger partial charge in [-0.1, -0.05) is 13.8 Å². The van der Waals surface area contributed by atoms with Crippen LogP contribution in [0.25, 0.3) is 0 Å². The zero-order chi connectivity index (χ0) is 12.8. The molecule has 1 fully saturated rings. The molecule has 0 aromatic carbocycles. The lowest BCUT2D eigenvalue weighted by Crippen LogP contribution is -2.47. The van der Waals surface area contributed by atoms with Gasteiger partial charge in [-0.2, -0.15) is 0 Å². The van der Waals surface area contributed by atoms with Crippen LogP contribution in [0.2, 0.25) is 0 Å². The number of nitrogens with zero attached hydrogens (tertiary/aromatic N) is 2. The van der Waals surface area contributed by atoms with Crippen LogP contribution in [0.15, 0.2) is 0 Å². The van der Waals surface area contributed by atoms with Gasteiger partial charge in [0.15, 0.2) is 0 Å². The summed E-state index contributed by atoms with van der Waals surface area (Å²) < 4.78 is 5.19. The van der Waals surface area contributed by atoms with E-state index in [-0.39, 0.29) is 18.4 Å². The van der Waals surface area contributed by atoms with Crippen molar-refractivity contribution in [2.45, 2.75) is 20.8 Å². The summed E-state index contributed by atoms with van der Waals surface area (Å²) >= 11 is 0. The van der Waals surface area contributed by atoms with Gasteiger partial charge in [-0.3, -0.25) is 9.59 Å². The first-order valence-corrected chi connectivity index (χ1v) is 6.11. The number of amides is 2. The highest BCUT2D eigenvalue weighted by atomic mass is 16.5. The Morgan fingerprint density at radius 3 is 2.35 bits per heavy atom. The first-order valence-electron chi connectivity index (χ1n) is 6.11. The maximum absolute atomic E-state index is 12.0. The predicted octanol–water partition coefficient (Wildman–Crippen LogP) is 0.350. The molecule has 0 aromatic rings. The summed E-state index contributed by atoms with van der Waals surface area (Å²) in [6.45, 7) is 8.85. The lowest BCUT2D eigenvalue weighted by molar-refractivity contribution is -0.142. The first-order chi connectivity index (χ1) is 8.00. The molecular weight excluding hydrogens is 220 g/mol. The van der Waals surface area contributed by atoms with Crippen molar-refractivity contribution in [2.24, 2.45) is 5.92 Å². The third kappa shape index (κ3) is 4.73. The van der Waals surface area contributed by atoms with Gasteiger partial charge >= 0.3 is 0 Å². The fourth-order valence-electron chi connectivity index (χ4n) is 1.82. The van der Waals surface area contributed by atoms with Gasteiger partial charge in [0.25, 0.3) is 0 Å². The van der Waals surface area contributed by atoms with Crippen LogP contribution in [0.4, 0.5) is 0 Å². The van der Waals surface area contributed by atoms with Gasteiger partial charge in [0.2, 0.25) is 11.8 Å². The number of rotatable bonds is 4. The van der Waals surface area contributed by atoms with Crippen LogP contribution in [-0.4, -0.2) is 61.0 Å². The Morgan fingerprint density at radius 2 is 1.88 bits per heavy atom. The van der Waals surface area contributed by atoms with Crippen LogP contribution in [0.3, 0.4) is 0 Å². The smallest absolute Gasteiger partial charge is 0.242 e. The Kier molecular flexibility index (Phi) is 5.41. The molecule has 1 heterocycles. The Balaban J connectivity index is 2.47. The highest BCUT2D eigenvalue weighted by Crippen LogP contribution is 2.03. The molecule has 0 N–H and O–H groups in total. The fraction of sp³-hybridized carbons (Fsp3) is 0.833. The molecule has 1 rings (SSSR count). The minimum absolute atomic E-state index is 0.0177. The summed E-state index contributed by atoms with van der Waals surface area (Å²) in [6.07, 6.45) is 0. The third-order valence-electron chi connectivity index (χ3n) is 2.72. The molecule has 5 nitrogen and oxygen atoms in total. The van der Waals surface area contributed by atoms with E-state index in [1.54, 1.807) is 9.80 Å². The number of carbonyl (C=O) groups excluding carboxylic acids is 2. The molecule has 1 aliphatic rings. The van der Waals surface area contributed by atoms with Crippen molar-refractivity contribution < 1.29 is 14.3 Å². The van der Waals surface area contributed by atoms with E-state index in [1.165, 1.54) is 6.92 Å². The zero-order valence-corrected chi connectivity index (χ0v) is 10.9. The minimum atomic E-state index is -0.0414. The molecule has 0 spiro atoms. The van der Waals surface area contributed by atoms with Crippen molar-refractivity contribution in [3.8, 4) is 0 Å². The predicted molar refractivity (Wildman–Crippen MR) is 64.5 cm³/mol. The molecule has 0 radical (unpaired) electrons. The molecule has 2 amide bonds. The lowest BCUT2D eigenvalue weighted by Gasteiger charge is -2.30. The molecular formula is C12H22N2O3. The van der Waals surface area contributed by atoms with Gasteiger partial charge in [-0.25, -0.2) is 0 Å². The van der Waals surface area contributed by atoms with Gasteiger partial charge in [-0.15, -0.1) is 0 Å². The Bertz CT molecular complexity index is 273. The molecule has 0 bridgehead atoms. The highest BCUT2D eigenvalue weighted by Gasteiger charge is 2.21. The van der Waals surface area contributed by atoms with E-state index in [1.807, 2.05) is 13.8 Å². The van der Waals surface area contributed by atoms with Crippen molar-refractivity contribution in [1.29, 1.82) is 0 Å². The minimum Gasteiger partial charge on any atom is -0.378 e. The zero-order valence-electron chi connectivity index (χ0n) is 10.9. The van der Waals surface area contributed by atoms with Crippen LogP contribution in [-0.2, 0) is 14.3 Å². The van der Waals surface area contributed by atoms with Crippen molar-refractivity contribution >= 4 is 11.8 Å². The molecule has 5 heteroatoms. The van der Waals surface area contributed by atoms with E-state index in [0.717, 1.165) is 0 Å². The number of carbonyl (C=O) groups is 2. The summed E-state index contributed by atoms with van der Waals surface area (Å²) in [4.78, 5) is 26.8. The second kappa shape index (κ2) is 6.59. The van der Waals surface area contributed by atoms with Gasteiger partial charge in [-0.05, 0) is 5.92 Å². The number of hydrogen-bond donors (Lipinski definition) is 0. The highest BCUT2D eigenvalue weighted by molar-refractivity contribution is 5.83. The number of ether oxygens (including phenoxy) is 1. The fourth-order valence-corrected chi connectivity index (χ4v) is 1.82. The summed E-state index contributed by atoms with van der Waals surface area (Å²) in [5, 5.41) is 0. The van der Waals surface area contributed by atoms with Crippen LogP contribution < -0.4 is 0 Å². The monoisotopic (exact) mass is 242 g/mol. The third-order valence-corrected chi connectivity index (χ3v) is 2.72. The Labute approximate surface area is 103 Å². The summed E-state index contributed by atoms with van der Waals surface area (Å²) in [6, 6.07) is 0. The van der Waals surface area contributed by atoms with Gasteiger partial charge in [0.1, 0.15) is 0 Å². The van der Waals surface area contributed by atoms with E-state index < -0.39 is 0 Å². The lowest BCUT2D eigenvalue weighted by atomic mass is 10.2. The molecule has 0 atom stereocenters. The van der Waals surface area contributed by atoms with E-state index >= 15 is 0 Å². The maximum Gasteiger partial charge on any atom is 0.242 e. The van der Waals surface area contributed by atoms with Crippen molar-refractivity contribution in [3.05, 3.63) is 0 Å². The van der Waals surface area contributed by atoms with E-state index in [4.69, 9.17) is 4.74 Å². The first kappa shape index (κ1) is 14.0. The maximum atomic E-state index is 12.0. The van der Waals surface area contributed by atoms with Crippen LogP contribution in [0.1, 0.15) is 20.8 Å². The van der Waals surface area contributed by atoms with Gasteiger partial charge < -0.3 is 14.5 Å². The van der Waals surface area contributed by atoms with E-state index in [2.05, 4.69) is 0 Å². The largest absolute Gasteiger partial charge is 0.378 e. The molecule has 0 unspecified atom stereocenters. The molecule has 1 aliphatic heterocycles. The van der Waals surface area contributed by atoms with Crippen molar-refractivity contribution in [2.75, 3.05) is 39.4 Å². The second-order valence-corrected chi connectivity index (χ2v) is 4.79. The summed E-state index contributed by atoms with van der Waals surface area (Å²) in [5.41, 5.74) is 0. The number of hydrogen-bond acceptors (Lipinski definition) is 3.